The average molecular weight is 326 g/mol. The highest BCUT2D eigenvalue weighted by Gasteiger charge is 2.37. The number of rotatable bonds is 6. The lowest BCUT2D eigenvalue weighted by atomic mass is 10.1. The van der Waals surface area contributed by atoms with E-state index in [0.717, 1.165) is 17.7 Å². The standard InChI is InChI=1S/C18H22N4O2/c1-13(2)22-11-10-15(20-22)12-21-17(23)16(19-18(21)24)9-8-14-6-4-3-5-7-14/h3-7,10-11,13,16H,8-9,12H2,1-2H3,(H,19,24). The van der Waals surface area contributed by atoms with E-state index in [4.69, 9.17) is 0 Å². The predicted octanol–water partition coefficient (Wildman–Crippen LogP) is 2.52. The molecule has 0 radical (unpaired) electrons. The smallest absolute Gasteiger partial charge is 0.325 e. The van der Waals surface area contributed by atoms with Crippen molar-refractivity contribution in [3.05, 3.63) is 53.9 Å². The summed E-state index contributed by atoms with van der Waals surface area (Å²) >= 11 is 0. The molecule has 1 saturated heterocycles. The molecule has 6 heteroatoms. The number of aryl methyl sites for hydroxylation is 1. The van der Waals surface area contributed by atoms with E-state index < -0.39 is 6.04 Å². The van der Waals surface area contributed by atoms with Crippen LogP contribution in [0.3, 0.4) is 0 Å². The molecule has 1 unspecified atom stereocenters. The summed E-state index contributed by atoms with van der Waals surface area (Å²) in [7, 11) is 0. The maximum absolute atomic E-state index is 12.5. The third kappa shape index (κ3) is 3.48. The molecule has 1 aliphatic rings. The first-order chi connectivity index (χ1) is 11.5. The number of amides is 3. The number of carbonyl (C=O) groups excluding carboxylic acids is 2. The van der Waals surface area contributed by atoms with Crippen molar-refractivity contribution < 1.29 is 9.59 Å². The number of hydrogen-bond acceptors (Lipinski definition) is 3. The van der Waals surface area contributed by atoms with Crippen LogP contribution in [0, 0.1) is 0 Å². The number of nitrogens with one attached hydrogen (secondary N) is 1. The topological polar surface area (TPSA) is 67.2 Å². The zero-order chi connectivity index (χ0) is 17.1. The van der Waals surface area contributed by atoms with Crippen molar-refractivity contribution in [3.8, 4) is 0 Å². The number of hydrogen-bond donors (Lipinski definition) is 1. The fourth-order valence-corrected chi connectivity index (χ4v) is 2.79. The van der Waals surface area contributed by atoms with Gasteiger partial charge in [-0.1, -0.05) is 30.3 Å². The summed E-state index contributed by atoms with van der Waals surface area (Å²) in [5, 5.41) is 7.18. The van der Waals surface area contributed by atoms with Gasteiger partial charge in [-0.3, -0.25) is 14.4 Å². The number of urea groups is 1. The van der Waals surface area contributed by atoms with Gasteiger partial charge in [0.05, 0.1) is 12.2 Å². The van der Waals surface area contributed by atoms with E-state index in [-0.39, 0.29) is 24.5 Å². The predicted molar refractivity (Wildman–Crippen MR) is 90.2 cm³/mol. The van der Waals surface area contributed by atoms with Crippen molar-refractivity contribution in [1.82, 2.24) is 20.0 Å². The van der Waals surface area contributed by atoms with E-state index in [9.17, 15) is 9.59 Å². The Kier molecular flexibility index (Phi) is 4.64. The molecule has 1 aliphatic heterocycles. The lowest BCUT2D eigenvalue weighted by molar-refractivity contribution is -0.128. The number of nitrogens with zero attached hydrogens (tertiary/aromatic N) is 3. The Balaban J connectivity index is 1.61. The molecular weight excluding hydrogens is 304 g/mol. The minimum atomic E-state index is -0.454. The lowest BCUT2D eigenvalue weighted by Gasteiger charge is -2.11. The molecule has 24 heavy (non-hydrogen) atoms. The van der Waals surface area contributed by atoms with Crippen LogP contribution < -0.4 is 5.32 Å². The van der Waals surface area contributed by atoms with Crippen LogP contribution in [0.2, 0.25) is 0 Å². The molecular formula is C18H22N4O2. The Labute approximate surface area is 141 Å². The minimum absolute atomic E-state index is 0.171. The Morgan fingerprint density at radius 1 is 1.17 bits per heavy atom. The summed E-state index contributed by atoms with van der Waals surface area (Å²) in [6.07, 6.45) is 3.23. The lowest BCUT2D eigenvalue weighted by Crippen LogP contribution is -2.31. The van der Waals surface area contributed by atoms with Gasteiger partial charge in [-0.05, 0) is 38.3 Å². The van der Waals surface area contributed by atoms with Gasteiger partial charge < -0.3 is 5.32 Å². The second-order valence-electron chi connectivity index (χ2n) is 6.33. The normalized spacial score (nSPS) is 17.6. The van der Waals surface area contributed by atoms with E-state index in [0.29, 0.717) is 6.42 Å². The highest BCUT2D eigenvalue weighted by Crippen LogP contribution is 2.16. The van der Waals surface area contributed by atoms with Gasteiger partial charge in [0.15, 0.2) is 0 Å². The fraction of sp³-hybridized carbons (Fsp3) is 0.389. The van der Waals surface area contributed by atoms with Crippen LogP contribution >= 0.6 is 0 Å². The van der Waals surface area contributed by atoms with E-state index in [2.05, 4.69) is 10.4 Å². The largest absolute Gasteiger partial charge is 0.326 e. The van der Waals surface area contributed by atoms with Crippen molar-refractivity contribution in [1.29, 1.82) is 0 Å². The maximum Gasteiger partial charge on any atom is 0.325 e. The van der Waals surface area contributed by atoms with Crippen molar-refractivity contribution in [2.24, 2.45) is 0 Å². The Bertz CT molecular complexity index is 724. The van der Waals surface area contributed by atoms with Crippen LogP contribution in [0.1, 0.15) is 37.6 Å². The summed E-state index contributed by atoms with van der Waals surface area (Å²) in [6, 6.07) is 11.3. The summed E-state index contributed by atoms with van der Waals surface area (Å²) in [5.41, 5.74) is 1.88. The molecule has 0 saturated carbocycles. The Morgan fingerprint density at radius 2 is 1.92 bits per heavy atom. The number of aromatic nitrogens is 2. The molecule has 0 aliphatic carbocycles. The summed E-state index contributed by atoms with van der Waals surface area (Å²) in [6.45, 7) is 4.28. The monoisotopic (exact) mass is 326 g/mol. The van der Waals surface area contributed by atoms with Gasteiger partial charge in [0.2, 0.25) is 0 Å². The summed E-state index contributed by atoms with van der Waals surface area (Å²) in [4.78, 5) is 25.9. The molecule has 0 bridgehead atoms. The average Bonchev–Trinajstić information content (AvgIpc) is 3.14. The number of imide groups is 1. The molecule has 2 aromatic rings. The highest BCUT2D eigenvalue weighted by molar-refractivity contribution is 6.04. The first-order valence-corrected chi connectivity index (χ1v) is 8.24. The molecule has 6 nitrogen and oxygen atoms in total. The van der Waals surface area contributed by atoms with Crippen molar-refractivity contribution in [3.63, 3.8) is 0 Å². The molecule has 1 atom stereocenters. The van der Waals surface area contributed by atoms with Crippen molar-refractivity contribution in [2.45, 2.75) is 45.3 Å². The van der Waals surface area contributed by atoms with Crippen molar-refractivity contribution >= 4 is 11.9 Å². The molecule has 1 fully saturated rings. The van der Waals surface area contributed by atoms with E-state index in [1.54, 1.807) is 0 Å². The zero-order valence-electron chi connectivity index (χ0n) is 14.0. The fourth-order valence-electron chi connectivity index (χ4n) is 2.79. The minimum Gasteiger partial charge on any atom is -0.326 e. The van der Waals surface area contributed by atoms with Gasteiger partial charge in [-0.25, -0.2) is 4.79 Å². The molecule has 1 N–H and O–H groups in total. The van der Waals surface area contributed by atoms with Gasteiger partial charge >= 0.3 is 6.03 Å². The van der Waals surface area contributed by atoms with Gasteiger partial charge in [0.1, 0.15) is 6.04 Å². The molecule has 2 heterocycles. The van der Waals surface area contributed by atoms with Crippen LogP contribution in [-0.2, 0) is 17.8 Å². The van der Waals surface area contributed by atoms with Crippen LogP contribution in [0.5, 0.6) is 0 Å². The summed E-state index contributed by atoms with van der Waals surface area (Å²) in [5.74, 6) is -0.171. The summed E-state index contributed by atoms with van der Waals surface area (Å²) < 4.78 is 1.82. The second-order valence-corrected chi connectivity index (χ2v) is 6.33. The molecule has 0 spiro atoms. The van der Waals surface area contributed by atoms with Crippen LogP contribution in [-0.4, -0.2) is 32.7 Å². The number of carbonyl (C=O) groups is 2. The van der Waals surface area contributed by atoms with E-state index in [1.807, 2.05) is 61.1 Å². The molecule has 3 rings (SSSR count). The molecule has 3 amide bonds. The van der Waals surface area contributed by atoms with Crippen LogP contribution in [0.25, 0.3) is 0 Å². The van der Waals surface area contributed by atoms with Gasteiger partial charge in [-0.2, -0.15) is 5.10 Å². The molecule has 1 aromatic heterocycles. The van der Waals surface area contributed by atoms with Crippen molar-refractivity contribution in [2.75, 3.05) is 0 Å². The maximum atomic E-state index is 12.5. The molecule has 126 valence electrons. The van der Waals surface area contributed by atoms with E-state index >= 15 is 0 Å². The number of benzene rings is 1. The second kappa shape index (κ2) is 6.86. The quantitative estimate of drug-likeness (QED) is 0.830. The van der Waals surface area contributed by atoms with E-state index in [1.165, 1.54) is 4.90 Å². The first-order valence-electron chi connectivity index (χ1n) is 8.24. The third-order valence-electron chi connectivity index (χ3n) is 4.18. The zero-order valence-corrected chi connectivity index (χ0v) is 14.0. The molecule has 1 aromatic carbocycles. The first kappa shape index (κ1) is 16.2. The van der Waals surface area contributed by atoms with Crippen LogP contribution in [0.4, 0.5) is 4.79 Å². The third-order valence-corrected chi connectivity index (χ3v) is 4.18. The SMILES string of the molecule is CC(C)n1ccc(CN2C(=O)NC(CCc3ccccc3)C2=O)n1. The Morgan fingerprint density at radius 3 is 2.58 bits per heavy atom. The van der Waals surface area contributed by atoms with Gasteiger partial charge in [0, 0.05) is 12.2 Å². The Hall–Kier alpha value is -2.63. The highest BCUT2D eigenvalue weighted by atomic mass is 16.2. The van der Waals surface area contributed by atoms with Crippen LogP contribution in [0.15, 0.2) is 42.6 Å². The van der Waals surface area contributed by atoms with Gasteiger partial charge in [0.25, 0.3) is 5.91 Å². The van der Waals surface area contributed by atoms with Gasteiger partial charge in [-0.15, -0.1) is 0 Å².